The zero-order valence-electron chi connectivity index (χ0n) is 22.7. The molecule has 2 aliphatic rings. The first-order chi connectivity index (χ1) is 18.7. The summed E-state index contributed by atoms with van der Waals surface area (Å²) >= 11 is 2.47. The molecule has 8 N–H and O–H groups in total. The Morgan fingerprint density at radius 3 is 2.38 bits per heavy atom. The summed E-state index contributed by atoms with van der Waals surface area (Å²) in [6.45, 7) is 4.77. The molecule has 39 heavy (non-hydrogen) atoms. The summed E-state index contributed by atoms with van der Waals surface area (Å²) in [6, 6.07) is 0. The lowest BCUT2D eigenvalue weighted by molar-refractivity contribution is -0.215. The highest BCUT2D eigenvalue weighted by atomic mass is 32.2. The maximum absolute atomic E-state index is 12.1. The van der Waals surface area contributed by atoms with E-state index >= 15 is 0 Å². The summed E-state index contributed by atoms with van der Waals surface area (Å²) < 4.78 is 17.1. The Morgan fingerprint density at radius 2 is 1.74 bits per heavy atom. The number of carbonyl (C=O) groups is 1. The molecule has 0 spiro atoms. The Morgan fingerprint density at radius 1 is 1.03 bits per heavy atom. The molecule has 230 valence electrons. The molecule has 2 rings (SSSR count). The number of thioether (sulfide) groups is 2. The van der Waals surface area contributed by atoms with Crippen LogP contribution in [0.15, 0.2) is 0 Å². The van der Waals surface area contributed by atoms with E-state index in [0.717, 1.165) is 30.4 Å². The van der Waals surface area contributed by atoms with Crippen molar-refractivity contribution in [3.8, 4) is 0 Å². The summed E-state index contributed by atoms with van der Waals surface area (Å²) in [7, 11) is 0. The Kier molecular flexibility index (Phi) is 16.4. The molecule has 0 bridgehead atoms. The van der Waals surface area contributed by atoms with Crippen molar-refractivity contribution >= 4 is 29.4 Å². The predicted octanol–water partition coefficient (Wildman–Crippen LogP) is -1.69. The van der Waals surface area contributed by atoms with Crippen molar-refractivity contribution in [1.29, 1.82) is 0 Å². The van der Waals surface area contributed by atoms with Gasteiger partial charge >= 0.3 is 0 Å². The van der Waals surface area contributed by atoms with Gasteiger partial charge in [0.15, 0.2) is 0 Å². The lowest BCUT2D eigenvalue weighted by Gasteiger charge is -2.37. The molecule has 0 aromatic rings. The van der Waals surface area contributed by atoms with E-state index in [2.05, 4.69) is 5.32 Å². The lowest BCUT2D eigenvalue weighted by atomic mass is 10.0. The van der Waals surface area contributed by atoms with Gasteiger partial charge in [0.2, 0.25) is 5.91 Å². The van der Waals surface area contributed by atoms with Crippen LogP contribution in [0.4, 0.5) is 0 Å². The number of hydrogen-bond acceptors (Lipinski definition) is 13. The smallest absolute Gasteiger partial charge is 0.230 e. The SMILES string of the molecule is CCC(CC)OC[C@H]1OC[C@H](OCCCSCCNC(=O)CS[C@@H](O)C2C(O)C(CO)[C@@H](O)C2O)[C@@H](O)[C@@H]1O. The third kappa shape index (κ3) is 10.5. The number of hydrogen-bond donors (Lipinski definition) is 8. The van der Waals surface area contributed by atoms with Gasteiger partial charge in [0, 0.05) is 30.7 Å². The van der Waals surface area contributed by atoms with Gasteiger partial charge in [-0.3, -0.25) is 4.79 Å². The average molecular weight is 602 g/mol. The highest BCUT2D eigenvalue weighted by Crippen LogP contribution is 2.37. The molecular formula is C25H47NO11S2. The largest absolute Gasteiger partial charge is 0.396 e. The molecule has 1 amide bonds. The fourth-order valence-corrected chi connectivity index (χ4v) is 6.45. The van der Waals surface area contributed by atoms with Gasteiger partial charge in [-0.25, -0.2) is 0 Å². The van der Waals surface area contributed by atoms with E-state index in [1.165, 1.54) is 0 Å². The quantitative estimate of drug-likeness (QED) is 0.0655. The second-order valence-electron chi connectivity index (χ2n) is 9.95. The van der Waals surface area contributed by atoms with Crippen LogP contribution in [0.5, 0.6) is 0 Å². The number of amides is 1. The van der Waals surface area contributed by atoms with Crippen LogP contribution in [-0.4, -0.2) is 146 Å². The number of nitrogens with one attached hydrogen (secondary N) is 1. The molecule has 12 nitrogen and oxygen atoms in total. The van der Waals surface area contributed by atoms with E-state index in [1.807, 2.05) is 13.8 Å². The average Bonchev–Trinajstić information content (AvgIpc) is 3.14. The van der Waals surface area contributed by atoms with Crippen LogP contribution in [0.2, 0.25) is 0 Å². The number of rotatable bonds is 18. The Labute approximate surface area is 238 Å². The van der Waals surface area contributed by atoms with Crippen molar-refractivity contribution in [3.63, 3.8) is 0 Å². The lowest BCUT2D eigenvalue weighted by Crippen LogP contribution is -2.55. The van der Waals surface area contributed by atoms with E-state index in [0.29, 0.717) is 25.3 Å². The van der Waals surface area contributed by atoms with Gasteiger partial charge in [0.25, 0.3) is 0 Å². The maximum atomic E-state index is 12.1. The van der Waals surface area contributed by atoms with E-state index in [4.69, 9.17) is 14.2 Å². The van der Waals surface area contributed by atoms with Gasteiger partial charge in [-0.05, 0) is 25.0 Å². The molecule has 2 fully saturated rings. The van der Waals surface area contributed by atoms with Crippen LogP contribution in [0.25, 0.3) is 0 Å². The minimum absolute atomic E-state index is 0.0854. The van der Waals surface area contributed by atoms with Crippen LogP contribution in [0.3, 0.4) is 0 Å². The molecular weight excluding hydrogens is 554 g/mol. The zero-order chi connectivity index (χ0) is 28.9. The molecule has 1 saturated heterocycles. The summed E-state index contributed by atoms with van der Waals surface area (Å²) in [5, 5.41) is 73.1. The topological polar surface area (TPSA) is 198 Å². The molecule has 14 heteroatoms. The van der Waals surface area contributed by atoms with E-state index in [1.54, 1.807) is 11.8 Å². The minimum atomic E-state index is -1.39. The molecule has 10 atom stereocenters. The Balaban J connectivity index is 1.51. The van der Waals surface area contributed by atoms with Crippen molar-refractivity contribution < 1.29 is 54.8 Å². The fourth-order valence-electron chi connectivity index (χ4n) is 4.71. The molecule has 0 aromatic heterocycles. The van der Waals surface area contributed by atoms with Crippen molar-refractivity contribution in [2.24, 2.45) is 11.8 Å². The Bertz CT molecular complexity index is 692. The standard InChI is InChI=1S/C25H47NO11S2/c1-3-14(4-2)36-11-17-23(32)22(31)16(12-37-17)35-7-5-8-38-9-6-26-18(28)13-39-25(34)19-20(29)15(10-27)21(30)24(19)33/h14-17,19-25,27,29-34H,3-13H2,1-2H3,(H,26,28)/t15?,16-,17+,19?,20?,21+,22+,23+,24?,25+/m0/s1. The van der Waals surface area contributed by atoms with Gasteiger partial charge in [0.05, 0.1) is 50.0 Å². The maximum Gasteiger partial charge on any atom is 0.230 e. The molecule has 0 radical (unpaired) electrons. The summed E-state index contributed by atoms with van der Waals surface area (Å²) in [5.74, 6) is -0.967. The van der Waals surface area contributed by atoms with Gasteiger partial charge in [-0.1, -0.05) is 13.8 Å². The molecule has 1 aliphatic carbocycles. The molecule has 1 heterocycles. The normalized spacial score (nSPS) is 33.9. The fraction of sp³-hybridized carbons (Fsp3) is 0.960. The number of aliphatic hydroxyl groups is 7. The van der Waals surface area contributed by atoms with E-state index in [9.17, 15) is 40.5 Å². The first-order valence-electron chi connectivity index (χ1n) is 13.7. The second kappa shape index (κ2) is 18.3. The summed E-state index contributed by atoms with van der Waals surface area (Å²) in [4.78, 5) is 12.1. The van der Waals surface area contributed by atoms with Crippen molar-refractivity contribution in [1.82, 2.24) is 5.32 Å². The molecule has 1 saturated carbocycles. The molecule has 1 aliphatic heterocycles. The summed E-state index contributed by atoms with van der Waals surface area (Å²) in [5.41, 5.74) is -1.27. The van der Waals surface area contributed by atoms with E-state index in [-0.39, 0.29) is 31.0 Å². The zero-order valence-corrected chi connectivity index (χ0v) is 24.3. The van der Waals surface area contributed by atoms with Crippen LogP contribution in [0, 0.1) is 11.8 Å². The highest BCUT2D eigenvalue weighted by Gasteiger charge is 2.51. The number of ether oxygens (including phenoxy) is 3. The number of aliphatic hydroxyl groups excluding tert-OH is 7. The third-order valence-corrected chi connectivity index (χ3v) is 9.42. The van der Waals surface area contributed by atoms with Crippen LogP contribution in [-0.2, 0) is 19.0 Å². The van der Waals surface area contributed by atoms with Crippen LogP contribution < -0.4 is 5.32 Å². The van der Waals surface area contributed by atoms with Gasteiger partial charge < -0.3 is 55.3 Å². The van der Waals surface area contributed by atoms with Gasteiger partial charge in [0.1, 0.15) is 29.9 Å². The Hall–Kier alpha value is -0.230. The molecule has 0 aromatic carbocycles. The van der Waals surface area contributed by atoms with Crippen LogP contribution in [0.1, 0.15) is 33.1 Å². The third-order valence-electron chi connectivity index (χ3n) is 7.27. The predicted molar refractivity (Wildman–Crippen MR) is 147 cm³/mol. The number of carbonyl (C=O) groups excluding carboxylic acids is 1. The van der Waals surface area contributed by atoms with E-state index < -0.39 is 66.6 Å². The van der Waals surface area contributed by atoms with Crippen molar-refractivity contribution in [2.45, 2.75) is 87.4 Å². The van der Waals surface area contributed by atoms with Gasteiger partial charge in [-0.2, -0.15) is 11.8 Å². The van der Waals surface area contributed by atoms with Crippen molar-refractivity contribution in [3.05, 3.63) is 0 Å². The first-order valence-corrected chi connectivity index (χ1v) is 15.9. The molecule has 4 unspecified atom stereocenters. The first kappa shape index (κ1) is 35.0. The minimum Gasteiger partial charge on any atom is -0.396 e. The highest BCUT2D eigenvalue weighted by molar-refractivity contribution is 8.00. The van der Waals surface area contributed by atoms with Crippen molar-refractivity contribution in [2.75, 3.05) is 50.2 Å². The monoisotopic (exact) mass is 601 g/mol. The summed E-state index contributed by atoms with van der Waals surface area (Å²) in [6.07, 6.45) is -4.75. The van der Waals surface area contributed by atoms with Gasteiger partial charge in [-0.15, -0.1) is 11.8 Å². The second-order valence-corrected chi connectivity index (χ2v) is 12.3. The van der Waals surface area contributed by atoms with Crippen LogP contribution >= 0.6 is 23.5 Å².